The lowest BCUT2D eigenvalue weighted by Gasteiger charge is -2.39. The Bertz CT molecular complexity index is 927. The zero-order chi connectivity index (χ0) is 17.6. The Kier molecular flexibility index (Phi) is 3.91. The summed E-state index contributed by atoms with van der Waals surface area (Å²) in [6, 6.07) is 7.93. The molecule has 6 nitrogen and oxygen atoms in total. The number of fused-ring (bicyclic) bond motifs is 1. The number of hydrogen-bond donors (Lipinski definition) is 1. The summed E-state index contributed by atoms with van der Waals surface area (Å²) in [7, 11) is -3.30. The highest BCUT2D eigenvalue weighted by atomic mass is 32.2. The SMILES string of the molecule is C[C@H]1CCN1c1nc2c(c(-c3cccc(NS(C)(=O)=O)c3)n1)CCC2. The van der Waals surface area contributed by atoms with E-state index in [4.69, 9.17) is 9.97 Å². The quantitative estimate of drug-likeness (QED) is 0.909. The summed E-state index contributed by atoms with van der Waals surface area (Å²) in [5, 5.41) is 0. The molecule has 0 bridgehead atoms. The lowest BCUT2D eigenvalue weighted by molar-refractivity contribution is 0.470. The highest BCUT2D eigenvalue weighted by Gasteiger charge is 2.29. The van der Waals surface area contributed by atoms with Crippen molar-refractivity contribution in [2.45, 2.75) is 38.6 Å². The van der Waals surface area contributed by atoms with Crippen LogP contribution in [-0.2, 0) is 22.9 Å². The largest absolute Gasteiger partial charge is 0.338 e. The molecule has 1 atom stereocenters. The Hall–Kier alpha value is -2.15. The molecule has 0 spiro atoms. The lowest BCUT2D eigenvalue weighted by Crippen LogP contribution is -2.46. The summed E-state index contributed by atoms with van der Waals surface area (Å²) in [5.41, 5.74) is 4.77. The Balaban J connectivity index is 1.78. The summed E-state index contributed by atoms with van der Waals surface area (Å²) < 4.78 is 25.6. The third-order valence-corrected chi connectivity index (χ3v) is 5.54. The summed E-state index contributed by atoms with van der Waals surface area (Å²) in [4.78, 5) is 11.9. The molecule has 1 fully saturated rings. The smallest absolute Gasteiger partial charge is 0.229 e. The minimum absolute atomic E-state index is 0.477. The second kappa shape index (κ2) is 5.98. The van der Waals surface area contributed by atoms with E-state index in [2.05, 4.69) is 16.5 Å². The van der Waals surface area contributed by atoms with Gasteiger partial charge in [0.05, 0.1) is 11.9 Å². The number of benzene rings is 1. The molecule has 1 aliphatic heterocycles. The molecule has 0 radical (unpaired) electrons. The number of aromatic nitrogens is 2. The lowest BCUT2D eigenvalue weighted by atomic mass is 10.0. The average Bonchev–Trinajstić information content (AvgIpc) is 2.99. The first-order valence-electron chi connectivity index (χ1n) is 8.65. The van der Waals surface area contributed by atoms with Crippen LogP contribution in [0.5, 0.6) is 0 Å². The minimum Gasteiger partial charge on any atom is -0.338 e. The van der Waals surface area contributed by atoms with Gasteiger partial charge in [-0.2, -0.15) is 0 Å². The molecule has 2 aromatic rings. The van der Waals surface area contributed by atoms with Crippen molar-refractivity contribution in [3.05, 3.63) is 35.5 Å². The van der Waals surface area contributed by atoms with E-state index in [1.807, 2.05) is 18.2 Å². The van der Waals surface area contributed by atoms with E-state index in [0.29, 0.717) is 11.7 Å². The Morgan fingerprint density at radius 2 is 2.08 bits per heavy atom. The van der Waals surface area contributed by atoms with Crippen LogP contribution in [0.25, 0.3) is 11.3 Å². The summed E-state index contributed by atoms with van der Waals surface area (Å²) in [5.74, 6) is 0.802. The number of sulfonamides is 1. The first kappa shape index (κ1) is 16.3. The molecule has 7 heteroatoms. The van der Waals surface area contributed by atoms with Gasteiger partial charge in [-0.25, -0.2) is 18.4 Å². The molecule has 0 unspecified atom stereocenters. The maximum Gasteiger partial charge on any atom is 0.229 e. The molecular formula is C18H22N4O2S. The van der Waals surface area contributed by atoms with E-state index in [-0.39, 0.29) is 0 Å². The zero-order valence-electron chi connectivity index (χ0n) is 14.5. The predicted molar refractivity (Wildman–Crippen MR) is 99.4 cm³/mol. The van der Waals surface area contributed by atoms with E-state index in [9.17, 15) is 8.42 Å². The highest BCUT2D eigenvalue weighted by molar-refractivity contribution is 7.92. The van der Waals surface area contributed by atoms with E-state index < -0.39 is 10.0 Å². The van der Waals surface area contributed by atoms with E-state index >= 15 is 0 Å². The molecule has 4 rings (SSSR count). The molecular weight excluding hydrogens is 336 g/mol. The summed E-state index contributed by atoms with van der Waals surface area (Å²) >= 11 is 0. The molecule has 1 aliphatic carbocycles. The predicted octanol–water partition coefficient (Wildman–Crippen LogP) is 2.60. The first-order valence-corrected chi connectivity index (χ1v) is 10.5. The number of anilines is 2. The third-order valence-electron chi connectivity index (χ3n) is 4.94. The van der Waals surface area contributed by atoms with Crippen molar-refractivity contribution in [1.82, 2.24) is 9.97 Å². The van der Waals surface area contributed by atoms with Crippen molar-refractivity contribution >= 4 is 21.7 Å². The maximum absolute atomic E-state index is 11.5. The van der Waals surface area contributed by atoms with Crippen LogP contribution in [0, 0.1) is 0 Å². The van der Waals surface area contributed by atoms with Gasteiger partial charge in [0, 0.05) is 35.1 Å². The van der Waals surface area contributed by atoms with Crippen LogP contribution in [-0.4, -0.2) is 37.2 Å². The molecule has 132 valence electrons. The van der Waals surface area contributed by atoms with Crippen molar-refractivity contribution in [1.29, 1.82) is 0 Å². The van der Waals surface area contributed by atoms with Gasteiger partial charge in [0.15, 0.2) is 0 Å². The molecule has 0 saturated carbocycles. The molecule has 1 saturated heterocycles. The normalized spacial score (nSPS) is 19.4. The molecule has 25 heavy (non-hydrogen) atoms. The molecule has 1 aromatic carbocycles. The van der Waals surface area contributed by atoms with Gasteiger partial charge in [-0.15, -0.1) is 0 Å². The third kappa shape index (κ3) is 3.20. The van der Waals surface area contributed by atoms with Gasteiger partial charge in [0.25, 0.3) is 0 Å². The fourth-order valence-corrected chi connectivity index (χ4v) is 4.10. The highest BCUT2D eigenvalue weighted by Crippen LogP contribution is 2.34. The number of aryl methyl sites for hydroxylation is 1. The van der Waals surface area contributed by atoms with Crippen LogP contribution in [0.3, 0.4) is 0 Å². The Morgan fingerprint density at radius 1 is 1.24 bits per heavy atom. The van der Waals surface area contributed by atoms with Crippen molar-refractivity contribution < 1.29 is 8.42 Å². The van der Waals surface area contributed by atoms with Gasteiger partial charge in [0.1, 0.15) is 0 Å². The fraction of sp³-hybridized carbons (Fsp3) is 0.444. The number of nitrogens with one attached hydrogen (secondary N) is 1. The minimum atomic E-state index is -3.30. The van der Waals surface area contributed by atoms with E-state index in [0.717, 1.165) is 55.0 Å². The zero-order valence-corrected chi connectivity index (χ0v) is 15.3. The van der Waals surface area contributed by atoms with Crippen LogP contribution in [0.2, 0.25) is 0 Å². The molecule has 2 heterocycles. The molecule has 0 amide bonds. The van der Waals surface area contributed by atoms with Gasteiger partial charge in [-0.05, 0) is 44.7 Å². The van der Waals surface area contributed by atoms with Crippen molar-refractivity contribution in [3.63, 3.8) is 0 Å². The Labute approximate surface area is 148 Å². The van der Waals surface area contributed by atoms with E-state index in [1.54, 1.807) is 6.07 Å². The maximum atomic E-state index is 11.5. The molecule has 1 N–H and O–H groups in total. The second-order valence-corrected chi connectivity index (χ2v) is 8.69. The number of rotatable bonds is 4. The van der Waals surface area contributed by atoms with Crippen molar-refractivity contribution in [2.24, 2.45) is 0 Å². The Morgan fingerprint density at radius 3 is 2.76 bits per heavy atom. The van der Waals surface area contributed by atoms with Crippen LogP contribution in [0.4, 0.5) is 11.6 Å². The van der Waals surface area contributed by atoms with Crippen LogP contribution < -0.4 is 9.62 Å². The summed E-state index contributed by atoms with van der Waals surface area (Å²) in [6.45, 7) is 3.19. The monoisotopic (exact) mass is 358 g/mol. The first-order chi connectivity index (χ1) is 11.9. The number of hydrogen-bond acceptors (Lipinski definition) is 5. The molecule has 1 aromatic heterocycles. The standard InChI is InChI=1S/C18H22N4O2S/c1-12-9-10-22(12)18-19-16-8-4-7-15(16)17(20-18)13-5-3-6-14(11-13)21-25(2,23)24/h3,5-6,11-12,21H,4,7-10H2,1-2H3/t12-/m0/s1. The number of nitrogens with zero attached hydrogens (tertiary/aromatic N) is 3. The van der Waals surface area contributed by atoms with Gasteiger partial charge in [0.2, 0.25) is 16.0 Å². The van der Waals surface area contributed by atoms with E-state index in [1.165, 1.54) is 12.0 Å². The van der Waals surface area contributed by atoms with Gasteiger partial charge in [-0.3, -0.25) is 4.72 Å². The van der Waals surface area contributed by atoms with Crippen molar-refractivity contribution in [2.75, 3.05) is 22.4 Å². The van der Waals surface area contributed by atoms with Gasteiger partial charge >= 0.3 is 0 Å². The fourth-order valence-electron chi connectivity index (χ4n) is 3.54. The average molecular weight is 358 g/mol. The topological polar surface area (TPSA) is 75.2 Å². The van der Waals surface area contributed by atoms with Crippen LogP contribution in [0.15, 0.2) is 24.3 Å². The molecule has 2 aliphatic rings. The summed E-state index contributed by atoms with van der Waals surface area (Å²) in [6.07, 6.45) is 5.39. The van der Waals surface area contributed by atoms with Crippen LogP contribution in [0.1, 0.15) is 31.0 Å². The van der Waals surface area contributed by atoms with Gasteiger partial charge < -0.3 is 4.90 Å². The van der Waals surface area contributed by atoms with Crippen LogP contribution >= 0.6 is 0 Å². The van der Waals surface area contributed by atoms with Gasteiger partial charge in [-0.1, -0.05) is 12.1 Å². The van der Waals surface area contributed by atoms with Crippen molar-refractivity contribution in [3.8, 4) is 11.3 Å². The second-order valence-electron chi connectivity index (χ2n) is 6.94.